The molecule has 2 aromatic carbocycles. The Balaban J connectivity index is 2.07. The van der Waals surface area contributed by atoms with Crippen LogP contribution in [0.15, 0.2) is 60.9 Å². The van der Waals surface area contributed by atoms with Gasteiger partial charge in [-0.25, -0.2) is 4.98 Å². The summed E-state index contributed by atoms with van der Waals surface area (Å²) in [5, 5.41) is 14.6. The summed E-state index contributed by atoms with van der Waals surface area (Å²) in [6, 6.07) is 13.8. The summed E-state index contributed by atoms with van der Waals surface area (Å²) in [6.07, 6.45) is 3.53. The van der Waals surface area contributed by atoms with E-state index in [1.54, 1.807) is 31.5 Å². The molecular formula is C18H18N4O3. The largest absolute Gasteiger partial charge is 0.497 e. The molecule has 1 unspecified atom stereocenters. The Bertz CT molecular complexity index is 891. The van der Waals surface area contributed by atoms with Gasteiger partial charge in [0.15, 0.2) is 0 Å². The molecule has 0 saturated carbocycles. The summed E-state index contributed by atoms with van der Waals surface area (Å²) in [5.41, 5.74) is 1.35. The standard InChI is InChI=1S/C18H18N4O3/c1-21-11-10-19-18(21)17(13-6-5-7-14(12-13)25-2)20-15-8-3-4-9-16(15)22(23)24/h3-12,17,20H,1-2H3. The van der Waals surface area contributed by atoms with Gasteiger partial charge in [-0.15, -0.1) is 0 Å². The van der Waals surface area contributed by atoms with Gasteiger partial charge in [0.2, 0.25) is 0 Å². The zero-order valence-electron chi connectivity index (χ0n) is 13.9. The first-order valence-corrected chi connectivity index (χ1v) is 7.71. The Hall–Kier alpha value is -3.35. The lowest BCUT2D eigenvalue weighted by molar-refractivity contribution is -0.384. The zero-order chi connectivity index (χ0) is 17.8. The lowest BCUT2D eigenvalue weighted by Crippen LogP contribution is -2.17. The zero-order valence-corrected chi connectivity index (χ0v) is 13.9. The average molecular weight is 338 g/mol. The van der Waals surface area contributed by atoms with Gasteiger partial charge in [0.25, 0.3) is 5.69 Å². The van der Waals surface area contributed by atoms with Gasteiger partial charge in [-0.05, 0) is 23.8 Å². The molecule has 25 heavy (non-hydrogen) atoms. The SMILES string of the molecule is COc1cccc(C(Nc2ccccc2[N+](=O)[O-])c2nccn2C)c1. The molecule has 1 aromatic heterocycles. The van der Waals surface area contributed by atoms with Gasteiger partial charge in [-0.2, -0.15) is 0 Å². The summed E-state index contributed by atoms with van der Waals surface area (Å²) in [4.78, 5) is 15.3. The van der Waals surface area contributed by atoms with E-state index in [9.17, 15) is 10.1 Å². The van der Waals surface area contributed by atoms with Crippen LogP contribution in [0.25, 0.3) is 0 Å². The van der Waals surface area contributed by atoms with E-state index >= 15 is 0 Å². The molecule has 3 aromatic rings. The smallest absolute Gasteiger partial charge is 0.292 e. The number of aryl methyl sites for hydroxylation is 1. The van der Waals surface area contributed by atoms with Crippen molar-refractivity contribution in [2.24, 2.45) is 7.05 Å². The molecule has 1 atom stereocenters. The van der Waals surface area contributed by atoms with Crippen LogP contribution in [0.5, 0.6) is 5.75 Å². The molecule has 3 rings (SSSR count). The molecule has 0 aliphatic heterocycles. The summed E-state index contributed by atoms with van der Waals surface area (Å²) < 4.78 is 7.18. The molecule has 0 aliphatic rings. The summed E-state index contributed by atoms with van der Waals surface area (Å²) >= 11 is 0. The normalized spacial score (nSPS) is 11.8. The number of nitrogens with one attached hydrogen (secondary N) is 1. The predicted octanol–water partition coefficient (Wildman–Crippen LogP) is 3.54. The van der Waals surface area contributed by atoms with Gasteiger partial charge in [0.05, 0.1) is 12.0 Å². The van der Waals surface area contributed by atoms with Gasteiger partial charge < -0.3 is 14.6 Å². The fourth-order valence-corrected chi connectivity index (χ4v) is 2.68. The molecule has 0 saturated heterocycles. The number of nitrogens with zero attached hydrogens (tertiary/aromatic N) is 3. The van der Waals surface area contributed by atoms with Crippen molar-refractivity contribution in [3.05, 3.63) is 82.4 Å². The number of hydrogen-bond acceptors (Lipinski definition) is 5. The third-order valence-electron chi connectivity index (χ3n) is 3.94. The van der Waals surface area contributed by atoms with Gasteiger partial charge in [-0.1, -0.05) is 24.3 Å². The number of nitro benzene ring substituents is 1. The topological polar surface area (TPSA) is 82.2 Å². The number of methoxy groups -OCH3 is 1. The monoisotopic (exact) mass is 338 g/mol. The van der Waals surface area contributed by atoms with E-state index in [1.165, 1.54) is 6.07 Å². The second-order valence-corrected chi connectivity index (χ2v) is 5.52. The highest BCUT2D eigenvalue weighted by molar-refractivity contribution is 5.63. The summed E-state index contributed by atoms with van der Waals surface area (Å²) in [7, 11) is 3.49. The van der Waals surface area contributed by atoms with Crippen LogP contribution >= 0.6 is 0 Å². The highest BCUT2D eigenvalue weighted by Gasteiger charge is 2.22. The molecule has 0 radical (unpaired) electrons. The number of nitro groups is 1. The lowest BCUT2D eigenvalue weighted by Gasteiger charge is -2.20. The maximum atomic E-state index is 11.3. The molecule has 128 valence electrons. The number of aromatic nitrogens is 2. The highest BCUT2D eigenvalue weighted by Crippen LogP contribution is 2.32. The van der Waals surface area contributed by atoms with Crippen molar-refractivity contribution in [3.8, 4) is 5.75 Å². The Kier molecular flexibility index (Phi) is 4.65. The molecule has 7 heteroatoms. The lowest BCUT2D eigenvalue weighted by atomic mass is 10.0. The second-order valence-electron chi connectivity index (χ2n) is 5.52. The van der Waals surface area contributed by atoms with Gasteiger partial charge in [0.1, 0.15) is 23.3 Å². The molecule has 7 nitrogen and oxygen atoms in total. The molecule has 1 N–H and O–H groups in total. The van der Waals surface area contributed by atoms with Crippen LogP contribution in [0, 0.1) is 10.1 Å². The number of ether oxygens (including phenoxy) is 1. The van der Waals surface area contributed by atoms with Crippen LogP contribution < -0.4 is 10.1 Å². The van der Waals surface area contributed by atoms with Crippen molar-refractivity contribution < 1.29 is 9.66 Å². The van der Waals surface area contributed by atoms with E-state index in [0.717, 1.165) is 11.4 Å². The number of para-hydroxylation sites is 2. The molecule has 0 bridgehead atoms. The van der Waals surface area contributed by atoms with E-state index in [4.69, 9.17) is 4.74 Å². The van der Waals surface area contributed by atoms with E-state index in [-0.39, 0.29) is 11.7 Å². The van der Waals surface area contributed by atoms with Crippen LogP contribution in [0.1, 0.15) is 17.4 Å². The second kappa shape index (κ2) is 7.04. The fraction of sp³-hybridized carbons (Fsp3) is 0.167. The van der Waals surface area contributed by atoms with Crippen LogP contribution in [0.3, 0.4) is 0 Å². The number of anilines is 1. The molecule has 1 heterocycles. The number of imidazole rings is 1. The Morgan fingerprint density at radius 2 is 2.04 bits per heavy atom. The molecule has 0 aliphatic carbocycles. The van der Waals surface area contributed by atoms with Crippen LogP contribution in [0.4, 0.5) is 11.4 Å². The Labute approximate surface area is 145 Å². The molecule has 0 amide bonds. The van der Waals surface area contributed by atoms with Crippen LogP contribution in [-0.2, 0) is 7.05 Å². The quantitative estimate of drug-likeness (QED) is 0.549. The van der Waals surface area contributed by atoms with Gasteiger partial charge in [0, 0.05) is 25.5 Å². The Morgan fingerprint density at radius 1 is 1.24 bits per heavy atom. The average Bonchev–Trinajstić information content (AvgIpc) is 3.05. The minimum atomic E-state index is -0.399. The van der Waals surface area contributed by atoms with E-state index < -0.39 is 4.92 Å². The van der Waals surface area contributed by atoms with Crippen LogP contribution in [-0.4, -0.2) is 21.6 Å². The number of hydrogen-bond donors (Lipinski definition) is 1. The van der Waals surface area contributed by atoms with E-state index in [2.05, 4.69) is 10.3 Å². The van der Waals surface area contributed by atoms with Crippen molar-refractivity contribution >= 4 is 11.4 Å². The first kappa shape index (κ1) is 16.5. The van der Waals surface area contributed by atoms with Crippen LogP contribution in [0.2, 0.25) is 0 Å². The third-order valence-corrected chi connectivity index (χ3v) is 3.94. The molecule has 0 spiro atoms. The van der Waals surface area contributed by atoms with Crippen molar-refractivity contribution in [1.29, 1.82) is 0 Å². The van der Waals surface area contributed by atoms with Crippen molar-refractivity contribution in [3.63, 3.8) is 0 Å². The summed E-state index contributed by atoms with van der Waals surface area (Å²) in [6.45, 7) is 0. The number of benzene rings is 2. The van der Waals surface area contributed by atoms with Gasteiger partial charge in [-0.3, -0.25) is 10.1 Å². The first-order valence-electron chi connectivity index (χ1n) is 7.71. The minimum absolute atomic E-state index is 0.0182. The third kappa shape index (κ3) is 3.45. The predicted molar refractivity (Wildman–Crippen MR) is 94.8 cm³/mol. The maximum absolute atomic E-state index is 11.3. The first-order chi connectivity index (χ1) is 12.1. The van der Waals surface area contributed by atoms with E-state index in [0.29, 0.717) is 11.4 Å². The molecule has 0 fully saturated rings. The van der Waals surface area contributed by atoms with Crippen molar-refractivity contribution in [1.82, 2.24) is 9.55 Å². The fourth-order valence-electron chi connectivity index (χ4n) is 2.68. The van der Waals surface area contributed by atoms with Crippen molar-refractivity contribution in [2.45, 2.75) is 6.04 Å². The Morgan fingerprint density at radius 3 is 2.72 bits per heavy atom. The van der Waals surface area contributed by atoms with Gasteiger partial charge >= 0.3 is 0 Å². The molecular weight excluding hydrogens is 320 g/mol. The van der Waals surface area contributed by atoms with E-state index in [1.807, 2.05) is 42.1 Å². The summed E-state index contributed by atoms with van der Waals surface area (Å²) in [5.74, 6) is 1.45. The minimum Gasteiger partial charge on any atom is -0.497 e. The number of rotatable bonds is 6. The van der Waals surface area contributed by atoms with Crippen molar-refractivity contribution in [2.75, 3.05) is 12.4 Å². The maximum Gasteiger partial charge on any atom is 0.292 e. The highest BCUT2D eigenvalue weighted by atomic mass is 16.6.